The van der Waals surface area contributed by atoms with Crippen LogP contribution >= 0.6 is 24.8 Å². The highest BCUT2D eigenvalue weighted by Gasteiger charge is 2.28. The van der Waals surface area contributed by atoms with E-state index in [2.05, 4.69) is 24.1 Å². The molecule has 0 aromatic heterocycles. The largest absolute Gasteiger partial charge is 0.354 e. The maximum absolute atomic E-state index is 11.9. The summed E-state index contributed by atoms with van der Waals surface area (Å²) in [5, 5.41) is 2.94. The first-order chi connectivity index (χ1) is 7.46. The van der Waals surface area contributed by atoms with Crippen molar-refractivity contribution in [1.82, 2.24) is 10.2 Å². The average Bonchev–Trinajstić information content (AvgIpc) is 2.09. The van der Waals surface area contributed by atoms with Crippen molar-refractivity contribution in [2.45, 2.75) is 40.7 Å². The number of halogens is 2. The molecule has 0 unspecified atom stereocenters. The van der Waals surface area contributed by atoms with Crippen LogP contribution in [0.1, 0.15) is 34.6 Å². The Balaban J connectivity index is -0.00000128. The van der Waals surface area contributed by atoms with Gasteiger partial charge in [0.05, 0.1) is 6.04 Å². The van der Waals surface area contributed by atoms with Crippen LogP contribution in [0.3, 0.4) is 0 Å². The lowest BCUT2D eigenvalue weighted by atomic mass is 9.86. The van der Waals surface area contributed by atoms with Crippen molar-refractivity contribution >= 4 is 30.7 Å². The lowest BCUT2D eigenvalue weighted by molar-refractivity contribution is -0.125. The molecule has 0 aliphatic rings. The molecule has 4 nitrogen and oxygen atoms in total. The number of carbonyl (C=O) groups excluding carboxylic acids is 1. The van der Waals surface area contributed by atoms with Crippen LogP contribution in [0.25, 0.3) is 0 Å². The quantitative estimate of drug-likeness (QED) is 0.814. The van der Waals surface area contributed by atoms with E-state index >= 15 is 0 Å². The molecule has 0 rings (SSSR count). The minimum absolute atomic E-state index is 0. The molecule has 6 heteroatoms. The number of carbonyl (C=O) groups is 1. The van der Waals surface area contributed by atoms with Gasteiger partial charge in [-0.3, -0.25) is 4.79 Å². The molecule has 0 aliphatic heterocycles. The molecular weight excluding hydrogens is 285 g/mol. The molecule has 0 spiro atoms. The van der Waals surface area contributed by atoms with Crippen LogP contribution < -0.4 is 11.1 Å². The predicted molar refractivity (Wildman–Crippen MR) is 87.3 cm³/mol. The van der Waals surface area contributed by atoms with Gasteiger partial charge >= 0.3 is 0 Å². The van der Waals surface area contributed by atoms with Crippen molar-refractivity contribution in [2.24, 2.45) is 16.6 Å². The second-order valence-corrected chi connectivity index (χ2v) is 6.96. The smallest absolute Gasteiger partial charge is 0.237 e. The maximum atomic E-state index is 11.9. The van der Waals surface area contributed by atoms with E-state index in [1.165, 1.54) is 0 Å². The Morgan fingerprint density at radius 2 is 1.58 bits per heavy atom. The van der Waals surface area contributed by atoms with Crippen LogP contribution in [-0.2, 0) is 4.79 Å². The number of nitrogens with zero attached hydrogens (tertiary/aromatic N) is 1. The van der Waals surface area contributed by atoms with E-state index < -0.39 is 6.04 Å². The minimum Gasteiger partial charge on any atom is -0.354 e. The standard InChI is InChI=1S/C13H29N3O.2ClH/c1-12(2,3)10(14)11(17)15-8-13(4,5)9-16(6)7;;/h10H,8-9,14H2,1-7H3,(H,15,17);2*1H/t10-;;/m1../s1. The summed E-state index contributed by atoms with van der Waals surface area (Å²) in [5.74, 6) is -0.0654. The number of amides is 1. The highest BCUT2D eigenvalue weighted by molar-refractivity contribution is 5.85. The molecule has 1 atom stereocenters. The Morgan fingerprint density at radius 3 is 1.89 bits per heavy atom. The van der Waals surface area contributed by atoms with Gasteiger partial charge in [-0.05, 0) is 24.9 Å². The monoisotopic (exact) mass is 315 g/mol. The third-order valence-electron chi connectivity index (χ3n) is 2.70. The molecule has 118 valence electrons. The summed E-state index contributed by atoms with van der Waals surface area (Å²) in [4.78, 5) is 14.0. The lowest BCUT2D eigenvalue weighted by Gasteiger charge is -2.31. The number of rotatable bonds is 5. The van der Waals surface area contributed by atoms with Crippen LogP contribution in [0.4, 0.5) is 0 Å². The maximum Gasteiger partial charge on any atom is 0.237 e. The fourth-order valence-corrected chi connectivity index (χ4v) is 1.74. The van der Waals surface area contributed by atoms with Crippen LogP contribution in [0, 0.1) is 10.8 Å². The van der Waals surface area contributed by atoms with Crippen LogP contribution in [0.15, 0.2) is 0 Å². The molecule has 0 fully saturated rings. The van der Waals surface area contributed by atoms with Crippen molar-refractivity contribution in [3.8, 4) is 0 Å². The lowest BCUT2D eigenvalue weighted by Crippen LogP contribution is -2.51. The predicted octanol–water partition coefficient (Wildman–Crippen LogP) is 1.91. The average molecular weight is 316 g/mol. The van der Waals surface area contributed by atoms with Crippen molar-refractivity contribution in [3.05, 3.63) is 0 Å². The van der Waals surface area contributed by atoms with Crippen LogP contribution in [0.5, 0.6) is 0 Å². The number of nitrogens with one attached hydrogen (secondary N) is 1. The summed E-state index contributed by atoms with van der Waals surface area (Å²) in [7, 11) is 4.06. The molecule has 3 N–H and O–H groups in total. The molecule has 0 aliphatic carbocycles. The Kier molecular flexibility index (Phi) is 11.4. The summed E-state index contributed by atoms with van der Waals surface area (Å²) in [6.07, 6.45) is 0. The summed E-state index contributed by atoms with van der Waals surface area (Å²) >= 11 is 0. The molecule has 19 heavy (non-hydrogen) atoms. The van der Waals surface area contributed by atoms with E-state index in [4.69, 9.17) is 5.73 Å². The van der Waals surface area contributed by atoms with E-state index in [1.54, 1.807) is 0 Å². The van der Waals surface area contributed by atoms with Gasteiger partial charge in [0.1, 0.15) is 0 Å². The van der Waals surface area contributed by atoms with E-state index in [1.807, 2.05) is 34.9 Å². The van der Waals surface area contributed by atoms with Gasteiger partial charge in [-0.2, -0.15) is 0 Å². The van der Waals surface area contributed by atoms with Gasteiger partial charge in [-0.25, -0.2) is 0 Å². The Morgan fingerprint density at radius 1 is 1.16 bits per heavy atom. The Labute approximate surface area is 130 Å². The first-order valence-electron chi connectivity index (χ1n) is 6.14. The van der Waals surface area contributed by atoms with Crippen molar-refractivity contribution in [3.63, 3.8) is 0 Å². The molecular formula is C13H31Cl2N3O. The third-order valence-corrected chi connectivity index (χ3v) is 2.70. The molecule has 0 aromatic rings. The fraction of sp³-hybridized carbons (Fsp3) is 0.923. The van der Waals surface area contributed by atoms with Gasteiger partial charge in [0.15, 0.2) is 0 Å². The molecule has 0 saturated heterocycles. The first-order valence-corrected chi connectivity index (χ1v) is 6.14. The molecule has 0 bridgehead atoms. The van der Waals surface area contributed by atoms with Crippen molar-refractivity contribution in [1.29, 1.82) is 0 Å². The normalized spacial score (nSPS) is 13.3. The summed E-state index contributed by atoms with van der Waals surface area (Å²) in [6, 6.07) is -0.461. The highest BCUT2D eigenvalue weighted by atomic mass is 35.5. The molecule has 1 amide bonds. The molecule has 0 aromatic carbocycles. The topological polar surface area (TPSA) is 58.4 Å². The van der Waals surface area contributed by atoms with Crippen LogP contribution in [-0.4, -0.2) is 44.0 Å². The van der Waals surface area contributed by atoms with E-state index in [9.17, 15) is 4.79 Å². The van der Waals surface area contributed by atoms with Gasteiger partial charge in [-0.15, -0.1) is 24.8 Å². The summed E-state index contributed by atoms with van der Waals surface area (Å²) < 4.78 is 0. The van der Waals surface area contributed by atoms with Gasteiger partial charge in [-0.1, -0.05) is 34.6 Å². The Hall–Kier alpha value is -0.0300. The van der Waals surface area contributed by atoms with Crippen molar-refractivity contribution in [2.75, 3.05) is 27.2 Å². The Bertz CT molecular complexity index is 263. The van der Waals surface area contributed by atoms with Gasteiger partial charge < -0.3 is 16.0 Å². The van der Waals surface area contributed by atoms with E-state index in [-0.39, 0.29) is 41.6 Å². The fourth-order valence-electron chi connectivity index (χ4n) is 1.74. The second-order valence-electron chi connectivity index (χ2n) is 6.96. The SMILES string of the molecule is CN(C)CC(C)(C)CNC(=O)[C@@H](N)C(C)(C)C.Cl.Cl. The molecule has 0 saturated carbocycles. The highest BCUT2D eigenvalue weighted by Crippen LogP contribution is 2.18. The zero-order valence-electron chi connectivity index (χ0n) is 13.2. The van der Waals surface area contributed by atoms with Gasteiger partial charge in [0.2, 0.25) is 5.91 Å². The number of nitrogens with two attached hydrogens (primary N) is 1. The number of hydrogen-bond acceptors (Lipinski definition) is 3. The summed E-state index contributed by atoms with van der Waals surface area (Å²) in [5.41, 5.74) is 5.76. The zero-order chi connectivity index (χ0) is 13.9. The third kappa shape index (κ3) is 10.4. The zero-order valence-corrected chi connectivity index (χ0v) is 14.9. The van der Waals surface area contributed by atoms with E-state index in [0.717, 1.165) is 6.54 Å². The van der Waals surface area contributed by atoms with Gasteiger partial charge in [0, 0.05) is 13.1 Å². The first kappa shape index (κ1) is 24.0. The minimum atomic E-state index is -0.461. The molecule has 0 heterocycles. The van der Waals surface area contributed by atoms with Crippen LogP contribution in [0.2, 0.25) is 0 Å². The summed E-state index contributed by atoms with van der Waals surface area (Å²) in [6.45, 7) is 11.8. The van der Waals surface area contributed by atoms with E-state index in [0.29, 0.717) is 6.54 Å². The molecule has 0 radical (unpaired) electrons. The second kappa shape index (κ2) is 9.01. The number of hydrogen-bond donors (Lipinski definition) is 2. The van der Waals surface area contributed by atoms with Crippen molar-refractivity contribution < 1.29 is 4.79 Å². The van der Waals surface area contributed by atoms with Gasteiger partial charge in [0.25, 0.3) is 0 Å².